The summed E-state index contributed by atoms with van der Waals surface area (Å²) in [6.45, 7) is 10.0. The minimum Gasteiger partial charge on any atom is -0.475 e. The molecule has 0 bridgehead atoms. The number of halogens is 1. The first-order valence-electron chi connectivity index (χ1n) is 8.97. The van der Waals surface area contributed by atoms with Crippen LogP contribution in [0.4, 0.5) is 0 Å². The number of pyridine rings is 1. The summed E-state index contributed by atoms with van der Waals surface area (Å²) in [5.74, 6) is 0.176. The molecule has 6 nitrogen and oxygen atoms in total. The molecule has 0 spiro atoms. The van der Waals surface area contributed by atoms with E-state index in [2.05, 4.69) is 36.0 Å². The van der Waals surface area contributed by atoms with Crippen LogP contribution in [0.15, 0.2) is 12.1 Å². The monoisotopic (exact) mass is 369 g/mol. The number of hydrogen-bond acceptors (Lipinski definition) is 5. The molecule has 1 aliphatic rings. The molecule has 2 heterocycles. The van der Waals surface area contributed by atoms with Crippen molar-refractivity contribution in [1.29, 1.82) is 0 Å². The largest absolute Gasteiger partial charge is 0.475 e. The van der Waals surface area contributed by atoms with E-state index in [1.54, 1.807) is 12.1 Å². The van der Waals surface area contributed by atoms with Crippen LogP contribution in [0.3, 0.4) is 0 Å². The number of rotatable bonds is 9. The predicted octanol–water partition coefficient (Wildman–Crippen LogP) is 2.75. The number of nitrogens with zero attached hydrogens (tertiary/aromatic N) is 2. The van der Waals surface area contributed by atoms with Crippen molar-refractivity contribution in [2.24, 2.45) is 0 Å². The Morgan fingerprint density at radius 3 is 2.88 bits per heavy atom. The van der Waals surface area contributed by atoms with E-state index in [-0.39, 0.29) is 23.2 Å². The first-order valence-corrected chi connectivity index (χ1v) is 9.35. The molecule has 1 amide bonds. The van der Waals surface area contributed by atoms with Gasteiger partial charge in [-0.05, 0) is 38.9 Å². The number of ether oxygens (including phenoxy) is 2. The standard InChI is InChI=1S/C18H28ClN3O3/c1-4-22(5-2)13(3)11-20-18(23)14-9-16(19)21-17(10-14)25-12-15-7-6-8-24-15/h9-10,13,15H,4-8,11-12H2,1-3H3,(H,20,23)/t13-,15+/m0/s1. The Balaban J connectivity index is 1.92. The lowest BCUT2D eigenvalue weighted by atomic mass is 10.2. The van der Waals surface area contributed by atoms with Crippen molar-refractivity contribution in [3.63, 3.8) is 0 Å². The Labute approximate surface area is 154 Å². The molecule has 1 aromatic rings. The van der Waals surface area contributed by atoms with Crippen molar-refractivity contribution >= 4 is 17.5 Å². The van der Waals surface area contributed by atoms with Crippen molar-refractivity contribution in [2.45, 2.75) is 45.8 Å². The number of aromatic nitrogens is 1. The molecule has 2 rings (SSSR count). The van der Waals surface area contributed by atoms with Crippen molar-refractivity contribution < 1.29 is 14.3 Å². The zero-order valence-corrected chi connectivity index (χ0v) is 16.0. The predicted molar refractivity (Wildman–Crippen MR) is 98.4 cm³/mol. The van der Waals surface area contributed by atoms with Gasteiger partial charge in [-0.25, -0.2) is 4.98 Å². The summed E-state index contributed by atoms with van der Waals surface area (Å²) in [5.41, 5.74) is 0.453. The summed E-state index contributed by atoms with van der Waals surface area (Å²) < 4.78 is 11.2. The molecule has 1 aliphatic heterocycles. The van der Waals surface area contributed by atoms with Gasteiger partial charge < -0.3 is 14.8 Å². The molecule has 7 heteroatoms. The average Bonchev–Trinajstić information content (AvgIpc) is 3.12. The molecule has 25 heavy (non-hydrogen) atoms. The summed E-state index contributed by atoms with van der Waals surface area (Å²) >= 11 is 6.04. The van der Waals surface area contributed by atoms with E-state index in [0.717, 1.165) is 32.5 Å². The molecule has 0 saturated carbocycles. The Morgan fingerprint density at radius 2 is 2.24 bits per heavy atom. The molecule has 0 aromatic carbocycles. The van der Waals surface area contributed by atoms with Gasteiger partial charge in [-0.3, -0.25) is 9.69 Å². The molecule has 140 valence electrons. The second kappa shape index (κ2) is 9.94. The molecule has 0 aliphatic carbocycles. The molecular formula is C18H28ClN3O3. The normalized spacial score (nSPS) is 18.4. The Kier molecular flexibility index (Phi) is 7.93. The SMILES string of the molecule is CCN(CC)[C@@H](C)CNC(=O)c1cc(Cl)nc(OC[C@H]2CCCO2)c1. The van der Waals surface area contributed by atoms with Crippen LogP contribution in [0.5, 0.6) is 5.88 Å². The maximum atomic E-state index is 12.4. The van der Waals surface area contributed by atoms with Gasteiger partial charge in [0, 0.05) is 30.8 Å². The minimum absolute atomic E-state index is 0.0907. The molecule has 1 fully saturated rings. The third-order valence-electron chi connectivity index (χ3n) is 4.47. The number of likely N-dealkylation sites (N-methyl/N-ethyl adjacent to an activating group) is 1. The van der Waals surface area contributed by atoms with E-state index in [4.69, 9.17) is 21.1 Å². The van der Waals surface area contributed by atoms with Gasteiger partial charge in [0.15, 0.2) is 0 Å². The van der Waals surface area contributed by atoms with Crippen LogP contribution in [0.25, 0.3) is 0 Å². The first kappa shape index (κ1) is 19.9. The second-order valence-corrected chi connectivity index (χ2v) is 6.63. The third kappa shape index (κ3) is 6.13. The van der Waals surface area contributed by atoms with Crippen molar-refractivity contribution in [3.8, 4) is 5.88 Å². The number of hydrogen-bond donors (Lipinski definition) is 1. The summed E-state index contributed by atoms with van der Waals surface area (Å²) in [6.07, 6.45) is 2.12. The second-order valence-electron chi connectivity index (χ2n) is 6.24. The Hall–Kier alpha value is -1.37. The highest BCUT2D eigenvalue weighted by atomic mass is 35.5. The van der Waals surface area contributed by atoms with Crippen LogP contribution < -0.4 is 10.1 Å². The number of carbonyl (C=O) groups is 1. The summed E-state index contributed by atoms with van der Waals surface area (Å²) in [5, 5.41) is 3.19. The molecule has 0 unspecified atom stereocenters. The molecule has 2 atom stereocenters. The smallest absolute Gasteiger partial charge is 0.251 e. The fourth-order valence-corrected chi connectivity index (χ4v) is 3.15. The van der Waals surface area contributed by atoms with Crippen molar-refractivity contribution in [3.05, 3.63) is 22.8 Å². The van der Waals surface area contributed by atoms with Crippen LogP contribution in [0.1, 0.15) is 44.0 Å². The topological polar surface area (TPSA) is 63.7 Å². The Morgan fingerprint density at radius 1 is 1.48 bits per heavy atom. The van der Waals surface area contributed by atoms with E-state index in [1.165, 1.54) is 0 Å². The fourth-order valence-electron chi connectivity index (χ4n) is 2.95. The zero-order valence-electron chi connectivity index (χ0n) is 15.3. The van der Waals surface area contributed by atoms with Gasteiger partial charge in [0.05, 0.1) is 6.10 Å². The van der Waals surface area contributed by atoms with Crippen LogP contribution in [0, 0.1) is 0 Å². The van der Waals surface area contributed by atoms with Gasteiger partial charge in [0.2, 0.25) is 5.88 Å². The van der Waals surface area contributed by atoms with Gasteiger partial charge in [-0.15, -0.1) is 0 Å². The maximum absolute atomic E-state index is 12.4. The van der Waals surface area contributed by atoms with Gasteiger partial charge in [0.1, 0.15) is 11.8 Å². The Bertz CT molecular complexity index is 560. The summed E-state index contributed by atoms with van der Waals surface area (Å²) in [6, 6.07) is 3.45. The summed E-state index contributed by atoms with van der Waals surface area (Å²) in [4.78, 5) is 18.8. The van der Waals surface area contributed by atoms with E-state index >= 15 is 0 Å². The highest BCUT2D eigenvalue weighted by Crippen LogP contribution is 2.19. The van der Waals surface area contributed by atoms with E-state index in [0.29, 0.717) is 24.6 Å². The van der Waals surface area contributed by atoms with Crippen molar-refractivity contribution in [1.82, 2.24) is 15.2 Å². The number of carbonyl (C=O) groups excluding carboxylic acids is 1. The molecule has 1 saturated heterocycles. The van der Waals surface area contributed by atoms with Gasteiger partial charge in [-0.2, -0.15) is 0 Å². The summed E-state index contributed by atoms with van der Waals surface area (Å²) in [7, 11) is 0. The number of amides is 1. The molecular weight excluding hydrogens is 342 g/mol. The van der Waals surface area contributed by atoms with Crippen LogP contribution in [-0.2, 0) is 4.74 Å². The zero-order chi connectivity index (χ0) is 18.2. The highest BCUT2D eigenvalue weighted by Gasteiger charge is 2.18. The van der Waals surface area contributed by atoms with Crippen LogP contribution in [-0.4, -0.2) is 60.8 Å². The number of nitrogens with one attached hydrogen (secondary N) is 1. The lowest BCUT2D eigenvalue weighted by Gasteiger charge is -2.26. The molecule has 1 N–H and O–H groups in total. The average molecular weight is 370 g/mol. The molecule has 0 radical (unpaired) electrons. The van der Waals surface area contributed by atoms with Crippen LogP contribution in [0.2, 0.25) is 5.15 Å². The lowest BCUT2D eigenvalue weighted by Crippen LogP contribution is -2.42. The van der Waals surface area contributed by atoms with Gasteiger partial charge in [0.25, 0.3) is 5.91 Å². The van der Waals surface area contributed by atoms with E-state index in [1.807, 2.05) is 0 Å². The van der Waals surface area contributed by atoms with E-state index < -0.39 is 0 Å². The maximum Gasteiger partial charge on any atom is 0.251 e. The van der Waals surface area contributed by atoms with E-state index in [9.17, 15) is 4.79 Å². The first-order chi connectivity index (χ1) is 12.0. The molecule has 1 aromatic heterocycles. The minimum atomic E-state index is -0.176. The third-order valence-corrected chi connectivity index (χ3v) is 4.66. The lowest BCUT2D eigenvalue weighted by molar-refractivity contribution is 0.0663. The highest BCUT2D eigenvalue weighted by molar-refractivity contribution is 6.29. The quantitative estimate of drug-likeness (QED) is 0.678. The van der Waals surface area contributed by atoms with Crippen molar-refractivity contribution in [2.75, 3.05) is 32.8 Å². The van der Waals surface area contributed by atoms with Gasteiger partial charge in [-0.1, -0.05) is 25.4 Å². The van der Waals surface area contributed by atoms with Gasteiger partial charge >= 0.3 is 0 Å². The van der Waals surface area contributed by atoms with Crippen LogP contribution >= 0.6 is 11.6 Å². The fraction of sp³-hybridized carbons (Fsp3) is 0.667.